The van der Waals surface area contributed by atoms with Gasteiger partial charge in [-0.1, -0.05) is 44.2 Å². The third kappa shape index (κ3) is 2.47. The van der Waals surface area contributed by atoms with E-state index in [4.69, 9.17) is 4.74 Å². The first-order valence-corrected chi connectivity index (χ1v) is 7.42. The highest BCUT2D eigenvalue weighted by molar-refractivity contribution is 5.77. The van der Waals surface area contributed by atoms with E-state index in [1.54, 1.807) is 0 Å². The van der Waals surface area contributed by atoms with E-state index in [1.165, 1.54) is 5.56 Å². The largest absolute Gasteiger partial charge is 0.380 e. The van der Waals surface area contributed by atoms with Crippen LogP contribution in [0, 0.1) is 5.41 Å². The lowest BCUT2D eigenvalue weighted by atomic mass is 9.75. The first-order chi connectivity index (χ1) is 9.51. The number of amides is 1. The fourth-order valence-corrected chi connectivity index (χ4v) is 3.35. The van der Waals surface area contributed by atoms with Crippen molar-refractivity contribution < 1.29 is 9.53 Å². The minimum Gasteiger partial charge on any atom is -0.380 e. The van der Waals surface area contributed by atoms with E-state index in [0.29, 0.717) is 12.3 Å². The Morgan fingerprint density at radius 2 is 1.90 bits per heavy atom. The second-order valence-electron chi connectivity index (χ2n) is 6.98. The molecule has 108 valence electrons. The molecule has 3 nitrogen and oxygen atoms in total. The molecule has 2 aliphatic rings. The molecule has 3 heteroatoms. The fraction of sp³-hybridized carbons (Fsp3) is 0.588. The van der Waals surface area contributed by atoms with E-state index >= 15 is 0 Å². The predicted octanol–water partition coefficient (Wildman–Crippen LogP) is 2.60. The Morgan fingerprint density at radius 1 is 1.20 bits per heavy atom. The zero-order chi connectivity index (χ0) is 14.2. The number of nitrogens with zero attached hydrogens (tertiary/aromatic N) is 1. The van der Waals surface area contributed by atoms with Crippen LogP contribution in [-0.2, 0) is 14.9 Å². The fourth-order valence-electron chi connectivity index (χ4n) is 3.35. The summed E-state index contributed by atoms with van der Waals surface area (Å²) in [6.45, 7) is 7.69. The van der Waals surface area contributed by atoms with Gasteiger partial charge >= 0.3 is 0 Å². The minimum absolute atomic E-state index is 0.0795. The Kier molecular flexibility index (Phi) is 3.33. The van der Waals surface area contributed by atoms with E-state index in [0.717, 1.165) is 32.7 Å². The summed E-state index contributed by atoms with van der Waals surface area (Å²) in [4.78, 5) is 14.3. The smallest absolute Gasteiger partial charge is 0.222 e. The number of carbonyl (C=O) groups excluding carboxylic acids is 1. The Bertz CT molecular complexity index is 495. The maximum Gasteiger partial charge on any atom is 0.222 e. The van der Waals surface area contributed by atoms with E-state index in [9.17, 15) is 4.79 Å². The monoisotopic (exact) mass is 273 g/mol. The minimum atomic E-state index is 0.0795. The van der Waals surface area contributed by atoms with E-state index in [-0.39, 0.29) is 10.8 Å². The lowest BCUT2D eigenvalue weighted by Gasteiger charge is -2.47. The van der Waals surface area contributed by atoms with Crippen molar-refractivity contribution in [3.8, 4) is 0 Å². The Balaban J connectivity index is 1.77. The maximum atomic E-state index is 12.2. The van der Waals surface area contributed by atoms with Crippen LogP contribution in [0.4, 0.5) is 0 Å². The van der Waals surface area contributed by atoms with Gasteiger partial charge in [0.05, 0.1) is 13.2 Å². The summed E-state index contributed by atoms with van der Waals surface area (Å²) in [7, 11) is 0. The van der Waals surface area contributed by atoms with E-state index in [2.05, 4.69) is 43.0 Å². The van der Waals surface area contributed by atoms with Crippen LogP contribution in [0.25, 0.3) is 0 Å². The molecule has 1 aromatic rings. The first kappa shape index (κ1) is 13.6. The van der Waals surface area contributed by atoms with Gasteiger partial charge in [-0.3, -0.25) is 4.79 Å². The highest BCUT2D eigenvalue weighted by Crippen LogP contribution is 2.36. The molecule has 1 atom stereocenters. The third-order valence-corrected chi connectivity index (χ3v) is 4.73. The van der Waals surface area contributed by atoms with Crippen molar-refractivity contribution >= 4 is 5.91 Å². The number of rotatable bonds is 3. The van der Waals surface area contributed by atoms with Gasteiger partial charge in [-0.05, 0) is 12.0 Å². The van der Waals surface area contributed by atoms with Gasteiger partial charge in [0.15, 0.2) is 0 Å². The highest BCUT2D eigenvalue weighted by atomic mass is 16.5. The Hall–Kier alpha value is -1.35. The van der Waals surface area contributed by atoms with Gasteiger partial charge < -0.3 is 9.64 Å². The molecule has 0 aliphatic carbocycles. The average Bonchev–Trinajstić information content (AvgIpc) is 2.42. The van der Waals surface area contributed by atoms with Gasteiger partial charge in [-0.15, -0.1) is 0 Å². The van der Waals surface area contributed by atoms with Crippen molar-refractivity contribution in [2.45, 2.75) is 32.1 Å². The van der Waals surface area contributed by atoms with Crippen LogP contribution >= 0.6 is 0 Å². The number of piperidine rings is 1. The second-order valence-corrected chi connectivity index (χ2v) is 6.98. The molecule has 0 saturated carbocycles. The average molecular weight is 273 g/mol. The van der Waals surface area contributed by atoms with Crippen molar-refractivity contribution in [2.75, 3.05) is 26.3 Å². The molecule has 1 amide bonds. The van der Waals surface area contributed by atoms with Gasteiger partial charge in [-0.25, -0.2) is 0 Å². The Labute approximate surface area is 120 Å². The SMILES string of the molecule is CC1(CN2C[C@@](C)(c3ccccc3)CCC2=O)COC1. The van der Waals surface area contributed by atoms with Crippen LogP contribution in [0.1, 0.15) is 32.3 Å². The molecule has 0 radical (unpaired) electrons. The van der Waals surface area contributed by atoms with Crippen molar-refractivity contribution in [2.24, 2.45) is 5.41 Å². The molecule has 0 spiro atoms. The second kappa shape index (κ2) is 4.88. The summed E-state index contributed by atoms with van der Waals surface area (Å²) in [5.41, 5.74) is 1.58. The van der Waals surface area contributed by atoms with E-state index < -0.39 is 0 Å². The molecular weight excluding hydrogens is 250 g/mol. The van der Waals surface area contributed by atoms with Crippen molar-refractivity contribution in [1.29, 1.82) is 0 Å². The van der Waals surface area contributed by atoms with Crippen molar-refractivity contribution in [3.05, 3.63) is 35.9 Å². The molecule has 2 heterocycles. The standard InChI is InChI=1S/C17H23NO2/c1-16(12-20-13-16)10-18-11-17(2,9-8-15(18)19)14-6-4-3-5-7-14/h3-7H,8-13H2,1-2H3/t17-/m0/s1. The van der Waals surface area contributed by atoms with Crippen LogP contribution in [-0.4, -0.2) is 37.1 Å². The number of carbonyl (C=O) groups is 1. The molecular formula is C17H23NO2. The summed E-state index contributed by atoms with van der Waals surface area (Å²) < 4.78 is 5.31. The molecule has 0 bridgehead atoms. The van der Waals surface area contributed by atoms with Crippen molar-refractivity contribution in [1.82, 2.24) is 4.90 Å². The summed E-state index contributed by atoms with van der Waals surface area (Å²) in [5, 5.41) is 0. The lowest BCUT2D eigenvalue weighted by Crippen LogP contribution is -2.55. The van der Waals surface area contributed by atoms with Crippen LogP contribution in [0.2, 0.25) is 0 Å². The van der Waals surface area contributed by atoms with Gasteiger partial charge in [0.1, 0.15) is 0 Å². The number of hydrogen-bond donors (Lipinski definition) is 0. The molecule has 2 saturated heterocycles. The topological polar surface area (TPSA) is 29.5 Å². The van der Waals surface area contributed by atoms with Gasteiger partial charge in [-0.2, -0.15) is 0 Å². The molecule has 0 unspecified atom stereocenters. The van der Waals surface area contributed by atoms with Crippen LogP contribution < -0.4 is 0 Å². The number of likely N-dealkylation sites (tertiary alicyclic amines) is 1. The zero-order valence-corrected chi connectivity index (χ0v) is 12.4. The molecule has 20 heavy (non-hydrogen) atoms. The highest BCUT2D eigenvalue weighted by Gasteiger charge is 2.41. The quantitative estimate of drug-likeness (QED) is 0.847. The Morgan fingerprint density at radius 3 is 2.50 bits per heavy atom. The molecule has 2 fully saturated rings. The number of hydrogen-bond acceptors (Lipinski definition) is 2. The van der Waals surface area contributed by atoms with Gasteiger partial charge in [0.2, 0.25) is 5.91 Å². The summed E-state index contributed by atoms with van der Waals surface area (Å²) in [6.07, 6.45) is 1.60. The molecule has 2 aliphatic heterocycles. The summed E-state index contributed by atoms with van der Waals surface area (Å²) >= 11 is 0. The van der Waals surface area contributed by atoms with Crippen LogP contribution in [0.15, 0.2) is 30.3 Å². The number of ether oxygens (including phenoxy) is 1. The third-order valence-electron chi connectivity index (χ3n) is 4.73. The first-order valence-electron chi connectivity index (χ1n) is 7.42. The van der Waals surface area contributed by atoms with Gasteiger partial charge in [0.25, 0.3) is 0 Å². The molecule has 3 rings (SSSR count). The van der Waals surface area contributed by atoms with Crippen LogP contribution in [0.3, 0.4) is 0 Å². The van der Waals surface area contributed by atoms with Crippen molar-refractivity contribution in [3.63, 3.8) is 0 Å². The summed E-state index contributed by atoms with van der Waals surface area (Å²) in [5.74, 6) is 0.298. The normalized spacial score (nSPS) is 29.1. The molecule has 1 aromatic carbocycles. The molecule has 0 aromatic heterocycles. The van der Waals surface area contributed by atoms with Gasteiger partial charge in [0, 0.05) is 30.3 Å². The number of benzene rings is 1. The molecule has 0 N–H and O–H groups in total. The predicted molar refractivity (Wildman–Crippen MR) is 78.5 cm³/mol. The lowest BCUT2D eigenvalue weighted by molar-refractivity contribution is -0.149. The maximum absolute atomic E-state index is 12.2. The summed E-state index contributed by atoms with van der Waals surface area (Å²) in [6, 6.07) is 10.6. The van der Waals surface area contributed by atoms with Crippen LogP contribution in [0.5, 0.6) is 0 Å². The van der Waals surface area contributed by atoms with E-state index in [1.807, 2.05) is 6.07 Å². The zero-order valence-electron chi connectivity index (χ0n) is 12.4.